The summed E-state index contributed by atoms with van der Waals surface area (Å²) in [7, 11) is 0. The highest BCUT2D eigenvalue weighted by Gasteiger charge is 2.22. The second kappa shape index (κ2) is 5.66. The molecule has 0 spiro atoms. The largest absolute Gasteiger partial charge is 0.383 e. The summed E-state index contributed by atoms with van der Waals surface area (Å²) in [5.74, 6) is 1.64. The fourth-order valence-electron chi connectivity index (χ4n) is 2.27. The van der Waals surface area contributed by atoms with E-state index in [-0.39, 0.29) is 0 Å². The van der Waals surface area contributed by atoms with Gasteiger partial charge in [0.1, 0.15) is 0 Å². The Bertz CT molecular complexity index is 600. The minimum absolute atomic E-state index is 0.524. The first-order valence-corrected chi connectivity index (χ1v) is 7.89. The average molecular weight is 310 g/mol. The summed E-state index contributed by atoms with van der Waals surface area (Å²) in [5, 5.41) is 4.60. The van der Waals surface area contributed by atoms with E-state index >= 15 is 0 Å². The van der Waals surface area contributed by atoms with Gasteiger partial charge in [-0.25, -0.2) is 0 Å². The summed E-state index contributed by atoms with van der Waals surface area (Å²) in [5.41, 5.74) is 2.33. The van der Waals surface area contributed by atoms with Crippen LogP contribution < -0.4 is 5.32 Å². The molecule has 0 aliphatic carbocycles. The SMILES string of the molecule is Clc1cccc(NCC2CSc3ccccc32)c1Cl. The fraction of sp³-hybridized carbons (Fsp3) is 0.200. The monoisotopic (exact) mass is 309 g/mol. The highest BCUT2D eigenvalue weighted by atomic mass is 35.5. The smallest absolute Gasteiger partial charge is 0.0823 e. The summed E-state index contributed by atoms with van der Waals surface area (Å²) in [6.45, 7) is 0.879. The first-order valence-electron chi connectivity index (χ1n) is 6.15. The van der Waals surface area contributed by atoms with Crippen LogP contribution in [0, 0.1) is 0 Å². The molecule has 1 unspecified atom stereocenters. The van der Waals surface area contributed by atoms with Crippen LogP contribution in [0.1, 0.15) is 11.5 Å². The molecule has 0 bridgehead atoms. The molecule has 1 aliphatic heterocycles. The number of nitrogens with one attached hydrogen (secondary N) is 1. The standard InChI is InChI=1S/C15H13Cl2NS/c16-12-5-3-6-13(15(12)17)18-8-10-9-19-14-7-2-1-4-11(10)14/h1-7,10,18H,8-9H2. The third-order valence-electron chi connectivity index (χ3n) is 3.29. The van der Waals surface area contributed by atoms with E-state index in [1.807, 2.05) is 23.9 Å². The van der Waals surface area contributed by atoms with E-state index in [1.54, 1.807) is 6.07 Å². The molecule has 2 aromatic rings. The van der Waals surface area contributed by atoms with E-state index in [4.69, 9.17) is 23.2 Å². The maximum absolute atomic E-state index is 6.18. The van der Waals surface area contributed by atoms with E-state index < -0.39 is 0 Å². The van der Waals surface area contributed by atoms with Crippen LogP contribution in [0.5, 0.6) is 0 Å². The quantitative estimate of drug-likeness (QED) is 0.826. The highest BCUT2D eigenvalue weighted by molar-refractivity contribution is 7.99. The molecule has 0 amide bonds. The summed E-state index contributed by atoms with van der Waals surface area (Å²) in [4.78, 5) is 1.39. The Morgan fingerprint density at radius 1 is 1.11 bits per heavy atom. The Labute approximate surface area is 127 Å². The highest BCUT2D eigenvalue weighted by Crippen LogP contribution is 2.39. The molecule has 3 rings (SSSR count). The molecule has 1 N–H and O–H groups in total. The van der Waals surface area contributed by atoms with Gasteiger partial charge in [-0.1, -0.05) is 47.5 Å². The van der Waals surface area contributed by atoms with Crippen molar-refractivity contribution < 1.29 is 0 Å². The number of hydrogen-bond acceptors (Lipinski definition) is 2. The molecule has 1 nitrogen and oxygen atoms in total. The van der Waals surface area contributed by atoms with Crippen molar-refractivity contribution in [3.05, 3.63) is 58.1 Å². The zero-order valence-electron chi connectivity index (χ0n) is 10.2. The average Bonchev–Trinajstić information content (AvgIpc) is 2.84. The number of anilines is 1. The number of benzene rings is 2. The second-order valence-corrected chi connectivity index (χ2v) is 6.38. The molecule has 1 aliphatic rings. The maximum Gasteiger partial charge on any atom is 0.0823 e. The Hall–Kier alpha value is -0.830. The number of fused-ring (bicyclic) bond motifs is 1. The number of thioether (sulfide) groups is 1. The molecule has 0 radical (unpaired) electrons. The first-order chi connectivity index (χ1) is 9.25. The molecule has 1 atom stereocenters. The van der Waals surface area contributed by atoms with Crippen LogP contribution in [-0.2, 0) is 0 Å². The Kier molecular flexibility index (Phi) is 3.92. The number of halogens is 2. The maximum atomic E-state index is 6.18. The van der Waals surface area contributed by atoms with Gasteiger partial charge in [0.2, 0.25) is 0 Å². The van der Waals surface area contributed by atoms with Crippen LogP contribution in [0.25, 0.3) is 0 Å². The summed E-state index contributed by atoms with van der Waals surface area (Å²) in [6.07, 6.45) is 0. The predicted octanol–water partition coefficient (Wildman–Crippen LogP) is 5.29. The Balaban J connectivity index is 1.73. The fourth-order valence-corrected chi connectivity index (χ4v) is 3.89. The van der Waals surface area contributed by atoms with E-state index in [9.17, 15) is 0 Å². The lowest BCUT2D eigenvalue weighted by molar-refractivity contribution is 0.819. The summed E-state index contributed by atoms with van der Waals surface area (Å²) < 4.78 is 0. The van der Waals surface area contributed by atoms with Gasteiger partial charge in [0.25, 0.3) is 0 Å². The van der Waals surface area contributed by atoms with E-state index in [0.29, 0.717) is 16.0 Å². The molecular formula is C15H13Cl2NS. The molecule has 0 aromatic heterocycles. The predicted molar refractivity (Wildman–Crippen MR) is 84.9 cm³/mol. The molecule has 98 valence electrons. The molecule has 1 heterocycles. The van der Waals surface area contributed by atoms with Gasteiger partial charge in [0.05, 0.1) is 15.7 Å². The molecular weight excluding hydrogens is 297 g/mol. The zero-order chi connectivity index (χ0) is 13.2. The van der Waals surface area contributed by atoms with Crippen molar-refractivity contribution in [3.8, 4) is 0 Å². The Morgan fingerprint density at radius 3 is 2.84 bits per heavy atom. The summed E-state index contributed by atoms with van der Waals surface area (Å²) >= 11 is 14.1. The van der Waals surface area contributed by atoms with Crippen molar-refractivity contribution in [3.63, 3.8) is 0 Å². The minimum Gasteiger partial charge on any atom is -0.383 e. The van der Waals surface area contributed by atoms with Crippen molar-refractivity contribution in [2.45, 2.75) is 10.8 Å². The van der Waals surface area contributed by atoms with Crippen molar-refractivity contribution in [1.29, 1.82) is 0 Å². The minimum atomic E-state index is 0.524. The van der Waals surface area contributed by atoms with Crippen LogP contribution in [0.4, 0.5) is 5.69 Å². The van der Waals surface area contributed by atoms with Crippen LogP contribution in [-0.4, -0.2) is 12.3 Å². The number of hydrogen-bond donors (Lipinski definition) is 1. The lowest BCUT2D eigenvalue weighted by Crippen LogP contribution is -2.12. The van der Waals surface area contributed by atoms with Crippen LogP contribution >= 0.6 is 35.0 Å². The Morgan fingerprint density at radius 2 is 1.95 bits per heavy atom. The van der Waals surface area contributed by atoms with Gasteiger partial charge < -0.3 is 5.32 Å². The van der Waals surface area contributed by atoms with Gasteiger partial charge in [0, 0.05) is 23.1 Å². The molecule has 0 fully saturated rings. The first kappa shape index (κ1) is 13.2. The third-order valence-corrected chi connectivity index (χ3v) is 5.36. The molecule has 0 saturated heterocycles. The zero-order valence-corrected chi connectivity index (χ0v) is 12.5. The topological polar surface area (TPSA) is 12.0 Å². The van der Waals surface area contributed by atoms with E-state index in [1.165, 1.54) is 10.5 Å². The van der Waals surface area contributed by atoms with Crippen LogP contribution in [0.15, 0.2) is 47.4 Å². The van der Waals surface area contributed by atoms with Crippen LogP contribution in [0.2, 0.25) is 10.0 Å². The lowest BCUT2D eigenvalue weighted by Gasteiger charge is -2.14. The molecule has 4 heteroatoms. The van der Waals surface area contributed by atoms with Crippen molar-refractivity contribution in [2.24, 2.45) is 0 Å². The van der Waals surface area contributed by atoms with Gasteiger partial charge in [-0.3, -0.25) is 0 Å². The van der Waals surface area contributed by atoms with E-state index in [0.717, 1.165) is 18.0 Å². The number of rotatable bonds is 3. The van der Waals surface area contributed by atoms with Gasteiger partial charge in [0.15, 0.2) is 0 Å². The van der Waals surface area contributed by atoms with Gasteiger partial charge in [-0.15, -0.1) is 11.8 Å². The molecule has 19 heavy (non-hydrogen) atoms. The van der Waals surface area contributed by atoms with Gasteiger partial charge >= 0.3 is 0 Å². The second-order valence-electron chi connectivity index (χ2n) is 4.53. The van der Waals surface area contributed by atoms with Gasteiger partial charge in [-0.2, -0.15) is 0 Å². The normalized spacial score (nSPS) is 17.3. The van der Waals surface area contributed by atoms with Crippen molar-refractivity contribution >= 4 is 40.7 Å². The van der Waals surface area contributed by atoms with Crippen molar-refractivity contribution in [1.82, 2.24) is 0 Å². The van der Waals surface area contributed by atoms with Gasteiger partial charge in [-0.05, 0) is 23.8 Å². The molecule has 0 saturated carbocycles. The summed E-state index contributed by atoms with van der Waals surface area (Å²) in [6, 6.07) is 14.3. The lowest BCUT2D eigenvalue weighted by atomic mass is 10.0. The molecule has 2 aromatic carbocycles. The van der Waals surface area contributed by atoms with E-state index in [2.05, 4.69) is 29.6 Å². The van der Waals surface area contributed by atoms with Crippen molar-refractivity contribution in [2.75, 3.05) is 17.6 Å². The third kappa shape index (κ3) is 2.71. The van der Waals surface area contributed by atoms with Crippen LogP contribution in [0.3, 0.4) is 0 Å².